The Balaban J connectivity index is 1.77. The van der Waals surface area contributed by atoms with Crippen molar-refractivity contribution < 1.29 is 14.3 Å². The second-order valence-electron chi connectivity index (χ2n) is 5.84. The number of carbonyl (C=O) groups is 1. The van der Waals surface area contributed by atoms with Crippen molar-refractivity contribution in [1.82, 2.24) is 0 Å². The highest BCUT2D eigenvalue weighted by molar-refractivity contribution is 6.30. The first-order valence-electron chi connectivity index (χ1n) is 8.43. The highest BCUT2D eigenvalue weighted by Crippen LogP contribution is 2.23. The van der Waals surface area contributed by atoms with Crippen LogP contribution < -0.4 is 9.47 Å². The number of hydrogen-bond donors (Lipinski definition) is 0. The summed E-state index contributed by atoms with van der Waals surface area (Å²) in [6.45, 7) is 0. The zero-order chi connectivity index (χ0) is 19.9. The summed E-state index contributed by atoms with van der Waals surface area (Å²) in [6, 6.07) is 23.0. The van der Waals surface area contributed by atoms with Crippen molar-refractivity contribution in [1.29, 1.82) is 5.26 Å². The van der Waals surface area contributed by atoms with Crippen LogP contribution in [0.1, 0.15) is 21.5 Å². The van der Waals surface area contributed by atoms with Gasteiger partial charge in [0.15, 0.2) is 0 Å². The maximum Gasteiger partial charge on any atom is 0.347 e. The molecule has 0 bridgehead atoms. The molecule has 0 fully saturated rings. The van der Waals surface area contributed by atoms with E-state index in [2.05, 4.69) is 6.07 Å². The van der Waals surface area contributed by atoms with E-state index in [1.54, 1.807) is 78.9 Å². The number of halogens is 1. The first-order chi connectivity index (χ1) is 13.6. The Bertz CT molecular complexity index is 1050. The van der Waals surface area contributed by atoms with Gasteiger partial charge in [0.2, 0.25) is 0 Å². The monoisotopic (exact) mass is 389 g/mol. The van der Waals surface area contributed by atoms with Gasteiger partial charge in [-0.3, -0.25) is 0 Å². The van der Waals surface area contributed by atoms with E-state index in [1.807, 2.05) is 0 Å². The number of esters is 1. The van der Waals surface area contributed by atoms with Crippen LogP contribution in [0.25, 0.3) is 11.6 Å². The predicted molar refractivity (Wildman–Crippen MR) is 109 cm³/mol. The third-order valence-electron chi connectivity index (χ3n) is 4.00. The van der Waals surface area contributed by atoms with Crippen molar-refractivity contribution in [3.63, 3.8) is 0 Å². The number of rotatable bonds is 5. The molecule has 3 rings (SSSR count). The highest BCUT2D eigenvalue weighted by Gasteiger charge is 2.13. The predicted octanol–water partition coefficient (Wildman–Crippen LogP) is 5.63. The van der Waals surface area contributed by atoms with Gasteiger partial charge in [0, 0.05) is 5.02 Å². The van der Waals surface area contributed by atoms with E-state index >= 15 is 0 Å². The molecule has 4 nitrogen and oxygen atoms in total. The number of nitrogens with zero attached hydrogens (tertiary/aromatic N) is 1. The van der Waals surface area contributed by atoms with E-state index in [0.717, 1.165) is 11.1 Å². The largest absolute Gasteiger partial charge is 0.496 e. The number of ether oxygens (including phenoxy) is 2. The molecular weight excluding hydrogens is 374 g/mol. The van der Waals surface area contributed by atoms with Gasteiger partial charge in [-0.2, -0.15) is 5.26 Å². The van der Waals surface area contributed by atoms with Crippen molar-refractivity contribution in [3.05, 3.63) is 94.5 Å². The molecule has 0 spiro atoms. The summed E-state index contributed by atoms with van der Waals surface area (Å²) in [7, 11) is 1.50. The number of para-hydroxylation sites is 1. The third kappa shape index (κ3) is 4.59. The number of benzene rings is 3. The highest BCUT2D eigenvalue weighted by atomic mass is 35.5. The van der Waals surface area contributed by atoms with Gasteiger partial charge in [0.1, 0.15) is 17.1 Å². The molecule has 0 amide bonds. The molecule has 0 aliphatic rings. The number of allylic oxidation sites excluding steroid dienone is 1. The first kappa shape index (κ1) is 19.2. The quantitative estimate of drug-likeness (QED) is 0.245. The Labute approximate surface area is 168 Å². The molecule has 0 aromatic heterocycles. The normalized spacial score (nSPS) is 10.8. The van der Waals surface area contributed by atoms with Crippen molar-refractivity contribution in [3.8, 4) is 17.6 Å². The van der Waals surface area contributed by atoms with E-state index in [-0.39, 0.29) is 0 Å². The SMILES string of the molecule is COc1ccccc1C(=O)Oc1ccc(/C=C(/C#N)c2ccc(Cl)cc2)cc1. The number of methoxy groups -OCH3 is 1. The lowest BCUT2D eigenvalue weighted by atomic mass is 10.0. The van der Waals surface area contributed by atoms with Crippen LogP contribution in [-0.4, -0.2) is 13.1 Å². The molecule has 3 aromatic rings. The lowest BCUT2D eigenvalue weighted by Crippen LogP contribution is -2.09. The van der Waals surface area contributed by atoms with Crippen LogP contribution in [0.15, 0.2) is 72.8 Å². The van der Waals surface area contributed by atoms with E-state index in [9.17, 15) is 10.1 Å². The molecule has 28 heavy (non-hydrogen) atoms. The average molecular weight is 390 g/mol. The fourth-order valence-electron chi connectivity index (χ4n) is 2.58. The molecule has 0 heterocycles. The summed E-state index contributed by atoms with van der Waals surface area (Å²) < 4.78 is 10.6. The maximum atomic E-state index is 12.3. The lowest BCUT2D eigenvalue weighted by molar-refractivity contribution is 0.0731. The van der Waals surface area contributed by atoms with Gasteiger partial charge in [0.25, 0.3) is 0 Å². The topological polar surface area (TPSA) is 59.3 Å². The molecule has 3 aromatic carbocycles. The van der Waals surface area contributed by atoms with Crippen molar-refractivity contribution in [2.24, 2.45) is 0 Å². The molecule has 0 N–H and O–H groups in total. The molecule has 0 aliphatic heterocycles. The smallest absolute Gasteiger partial charge is 0.347 e. The zero-order valence-electron chi connectivity index (χ0n) is 15.1. The molecule has 0 saturated carbocycles. The van der Waals surface area contributed by atoms with Crippen LogP contribution in [0.2, 0.25) is 5.02 Å². The maximum absolute atomic E-state index is 12.3. The van der Waals surface area contributed by atoms with Crippen LogP contribution in [0.3, 0.4) is 0 Å². The van der Waals surface area contributed by atoms with Crippen LogP contribution in [0.4, 0.5) is 0 Å². The van der Waals surface area contributed by atoms with Gasteiger partial charge in [0.05, 0.1) is 18.8 Å². The second kappa shape index (κ2) is 8.90. The minimum absolute atomic E-state index is 0.350. The Morgan fingerprint density at radius 3 is 2.32 bits per heavy atom. The molecule has 0 radical (unpaired) electrons. The molecule has 5 heteroatoms. The van der Waals surface area contributed by atoms with E-state index < -0.39 is 5.97 Å². The fourth-order valence-corrected chi connectivity index (χ4v) is 2.71. The number of carbonyl (C=O) groups excluding carboxylic acids is 1. The standard InChI is InChI=1S/C23H16ClNO3/c1-27-22-5-3-2-4-21(22)23(26)28-20-12-6-16(7-13-20)14-18(15-25)17-8-10-19(24)11-9-17/h2-14H,1H3/b18-14-. The molecule has 138 valence electrons. The van der Waals surface area contributed by atoms with Gasteiger partial charge in [-0.15, -0.1) is 0 Å². The van der Waals surface area contributed by atoms with E-state index in [0.29, 0.717) is 27.7 Å². The summed E-state index contributed by atoms with van der Waals surface area (Å²) in [5.74, 6) is 0.353. The van der Waals surface area contributed by atoms with E-state index in [4.69, 9.17) is 21.1 Å². The zero-order valence-corrected chi connectivity index (χ0v) is 15.8. The van der Waals surface area contributed by atoms with Gasteiger partial charge < -0.3 is 9.47 Å². The van der Waals surface area contributed by atoms with Crippen LogP contribution in [0.5, 0.6) is 11.5 Å². The Hall–Kier alpha value is -3.55. The van der Waals surface area contributed by atoms with Gasteiger partial charge in [-0.1, -0.05) is 48.0 Å². The summed E-state index contributed by atoms with van der Waals surface area (Å²) in [6.07, 6.45) is 1.76. The van der Waals surface area contributed by atoms with Crippen molar-refractivity contribution in [2.45, 2.75) is 0 Å². The Kier molecular flexibility index (Phi) is 6.11. The number of hydrogen-bond acceptors (Lipinski definition) is 4. The molecule has 0 saturated heterocycles. The minimum Gasteiger partial charge on any atom is -0.496 e. The average Bonchev–Trinajstić information content (AvgIpc) is 2.74. The van der Waals surface area contributed by atoms with Gasteiger partial charge in [-0.05, 0) is 53.6 Å². The van der Waals surface area contributed by atoms with Crippen LogP contribution >= 0.6 is 11.6 Å². The lowest BCUT2D eigenvalue weighted by Gasteiger charge is -2.08. The molecule has 0 aliphatic carbocycles. The first-order valence-corrected chi connectivity index (χ1v) is 8.81. The van der Waals surface area contributed by atoms with Crippen molar-refractivity contribution >= 4 is 29.2 Å². The fraction of sp³-hybridized carbons (Fsp3) is 0.0435. The second-order valence-corrected chi connectivity index (χ2v) is 6.27. The Morgan fingerprint density at radius 2 is 1.68 bits per heavy atom. The summed E-state index contributed by atoms with van der Waals surface area (Å²) in [5, 5.41) is 10.0. The summed E-state index contributed by atoms with van der Waals surface area (Å²) in [4.78, 5) is 12.3. The van der Waals surface area contributed by atoms with Gasteiger partial charge >= 0.3 is 5.97 Å². The van der Waals surface area contributed by atoms with Crippen LogP contribution in [0, 0.1) is 11.3 Å². The molecule has 0 atom stereocenters. The summed E-state index contributed by atoms with van der Waals surface area (Å²) in [5.41, 5.74) is 2.45. The van der Waals surface area contributed by atoms with E-state index in [1.165, 1.54) is 7.11 Å². The minimum atomic E-state index is -0.500. The number of nitriles is 1. The molecule has 0 unspecified atom stereocenters. The summed E-state index contributed by atoms with van der Waals surface area (Å²) >= 11 is 5.89. The van der Waals surface area contributed by atoms with Crippen molar-refractivity contribution in [2.75, 3.05) is 7.11 Å². The van der Waals surface area contributed by atoms with Gasteiger partial charge in [-0.25, -0.2) is 4.79 Å². The Morgan fingerprint density at radius 1 is 1.00 bits per heavy atom. The van der Waals surface area contributed by atoms with Crippen LogP contribution in [-0.2, 0) is 0 Å². The third-order valence-corrected chi connectivity index (χ3v) is 4.26. The molecular formula is C23H16ClNO3.